The lowest BCUT2D eigenvalue weighted by Crippen LogP contribution is -2.26. The molecule has 22 heavy (non-hydrogen) atoms. The highest BCUT2D eigenvalue weighted by molar-refractivity contribution is 7.10. The van der Waals surface area contributed by atoms with Gasteiger partial charge in [0.05, 0.1) is 11.9 Å². The van der Waals surface area contributed by atoms with Crippen LogP contribution in [0.2, 0.25) is 0 Å². The lowest BCUT2D eigenvalue weighted by Gasteiger charge is -2.05. The molecule has 2 heterocycles. The minimum Gasteiger partial charge on any atom is -0.408 e. The molecule has 0 aliphatic rings. The lowest BCUT2D eigenvalue weighted by molar-refractivity contribution is -0.120. The molecule has 2 aromatic heterocycles. The van der Waals surface area contributed by atoms with E-state index in [1.807, 2.05) is 29.6 Å². The van der Waals surface area contributed by atoms with Gasteiger partial charge >= 0.3 is 5.76 Å². The number of rotatable bonds is 5. The second-order valence-corrected chi connectivity index (χ2v) is 6.12. The average Bonchev–Trinajstić information content (AvgIpc) is 3.09. The predicted molar refractivity (Wildman–Crippen MR) is 86.2 cm³/mol. The maximum absolute atomic E-state index is 11.8. The second kappa shape index (κ2) is 6.19. The summed E-state index contributed by atoms with van der Waals surface area (Å²) in [4.78, 5) is 24.3. The molecule has 0 unspecified atom stereocenters. The van der Waals surface area contributed by atoms with Crippen LogP contribution in [0.15, 0.2) is 44.9 Å². The largest absolute Gasteiger partial charge is 0.419 e. The van der Waals surface area contributed by atoms with Crippen LogP contribution >= 0.6 is 11.3 Å². The summed E-state index contributed by atoms with van der Waals surface area (Å²) < 4.78 is 6.57. The van der Waals surface area contributed by atoms with Crippen LogP contribution in [0.3, 0.4) is 0 Å². The number of hydrogen-bond donors (Lipinski definition) is 1. The van der Waals surface area contributed by atoms with Crippen LogP contribution in [0.25, 0.3) is 11.1 Å². The van der Waals surface area contributed by atoms with Crippen LogP contribution in [0.4, 0.5) is 0 Å². The summed E-state index contributed by atoms with van der Waals surface area (Å²) in [5.74, 6) is -0.337. The second-order valence-electron chi connectivity index (χ2n) is 5.09. The number of nitrogens with zero attached hydrogens (tertiary/aromatic N) is 1. The van der Waals surface area contributed by atoms with Gasteiger partial charge < -0.3 is 9.73 Å². The Kier molecular flexibility index (Phi) is 4.11. The van der Waals surface area contributed by atoms with E-state index in [0.29, 0.717) is 25.0 Å². The van der Waals surface area contributed by atoms with E-state index in [4.69, 9.17) is 4.42 Å². The summed E-state index contributed by atoms with van der Waals surface area (Å²) in [6, 6.07) is 9.52. The SMILES string of the molecule is Cn1c(=O)oc2ccc(CCNC(=O)Cc3cccs3)cc21. The molecule has 3 aromatic rings. The topological polar surface area (TPSA) is 64.2 Å². The summed E-state index contributed by atoms with van der Waals surface area (Å²) in [6.07, 6.45) is 1.14. The zero-order valence-electron chi connectivity index (χ0n) is 12.2. The molecule has 0 aliphatic heterocycles. The van der Waals surface area contributed by atoms with Gasteiger partial charge in [-0.3, -0.25) is 9.36 Å². The molecule has 3 rings (SSSR count). The molecule has 0 atom stereocenters. The van der Waals surface area contributed by atoms with Crippen molar-refractivity contribution in [1.82, 2.24) is 9.88 Å². The first-order valence-corrected chi connectivity index (χ1v) is 7.89. The van der Waals surface area contributed by atoms with Gasteiger partial charge in [-0.2, -0.15) is 0 Å². The van der Waals surface area contributed by atoms with Crippen LogP contribution in [0, 0.1) is 0 Å². The van der Waals surface area contributed by atoms with Gasteiger partial charge in [0.2, 0.25) is 5.91 Å². The number of benzene rings is 1. The molecule has 0 radical (unpaired) electrons. The van der Waals surface area contributed by atoms with Gasteiger partial charge in [0.15, 0.2) is 5.58 Å². The van der Waals surface area contributed by atoms with E-state index in [-0.39, 0.29) is 11.7 Å². The fraction of sp³-hybridized carbons (Fsp3) is 0.250. The Morgan fingerprint density at radius 3 is 3.00 bits per heavy atom. The third-order valence-electron chi connectivity index (χ3n) is 3.51. The molecule has 1 aromatic carbocycles. The van der Waals surface area contributed by atoms with Crippen LogP contribution in [0.1, 0.15) is 10.4 Å². The van der Waals surface area contributed by atoms with Crippen molar-refractivity contribution in [3.8, 4) is 0 Å². The van der Waals surface area contributed by atoms with Gasteiger partial charge in [-0.25, -0.2) is 4.79 Å². The molecule has 5 nitrogen and oxygen atoms in total. The minimum atomic E-state index is -0.364. The third-order valence-corrected chi connectivity index (χ3v) is 4.38. The summed E-state index contributed by atoms with van der Waals surface area (Å²) in [5, 5.41) is 4.88. The standard InChI is InChI=1S/C16H16N2O3S/c1-18-13-9-11(4-5-14(13)21-16(18)20)6-7-17-15(19)10-12-3-2-8-22-12/h2-5,8-9H,6-7,10H2,1H3,(H,17,19). The van der Waals surface area contributed by atoms with Crippen molar-refractivity contribution >= 4 is 28.3 Å². The Balaban J connectivity index is 1.58. The maximum Gasteiger partial charge on any atom is 0.419 e. The Morgan fingerprint density at radius 1 is 1.36 bits per heavy atom. The first-order chi connectivity index (χ1) is 10.6. The zero-order chi connectivity index (χ0) is 15.5. The molecule has 0 spiro atoms. The molecule has 1 N–H and O–H groups in total. The average molecular weight is 316 g/mol. The number of aryl methyl sites for hydroxylation is 1. The van der Waals surface area contributed by atoms with E-state index in [0.717, 1.165) is 16.0 Å². The van der Waals surface area contributed by atoms with Crippen LogP contribution in [0.5, 0.6) is 0 Å². The molecular formula is C16H16N2O3S. The molecule has 114 valence electrons. The van der Waals surface area contributed by atoms with E-state index in [9.17, 15) is 9.59 Å². The number of carbonyl (C=O) groups excluding carboxylic acids is 1. The van der Waals surface area contributed by atoms with Crippen LogP contribution < -0.4 is 11.1 Å². The molecule has 0 aliphatic carbocycles. The van der Waals surface area contributed by atoms with E-state index in [2.05, 4.69) is 5.32 Å². The molecular weight excluding hydrogens is 300 g/mol. The lowest BCUT2D eigenvalue weighted by atomic mass is 10.1. The highest BCUT2D eigenvalue weighted by Crippen LogP contribution is 2.14. The van der Waals surface area contributed by atoms with Crippen LogP contribution in [-0.4, -0.2) is 17.0 Å². The first kappa shape index (κ1) is 14.6. The van der Waals surface area contributed by atoms with Crippen molar-refractivity contribution in [1.29, 1.82) is 0 Å². The molecule has 1 amide bonds. The quantitative estimate of drug-likeness (QED) is 0.784. The highest BCUT2D eigenvalue weighted by atomic mass is 32.1. The number of carbonyl (C=O) groups is 1. The minimum absolute atomic E-state index is 0.0271. The highest BCUT2D eigenvalue weighted by Gasteiger charge is 2.07. The summed E-state index contributed by atoms with van der Waals surface area (Å²) in [7, 11) is 1.68. The van der Waals surface area contributed by atoms with Crippen molar-refractivity contribution in [2.45, 2.75) is 12.8 Å². The number of oxazole rings is 1. The molecule has 0 fully saturated rings. The predicted octanol–water partition coefficient (Wildman–Crippen LogP) is 2.09. The fourth-order valence-corrected chi connectivity index (χ4v) is 3.01. The Labute approximate surface area is 131 Å². The summed E-state index contributed by atoms with van der Waals surface area (Å²) in [5.41, 5.74) is 2.41. The molecule has 0 saturated heterocycles. The van der Waals surface area contributed by atoms with Crippen molar-refractivity contribution < 1.29 is 9.21 Å². The van der Waals surface area contributed by atoms with Gasteiger partial charge in [-0.15, -0.1) is 11.3 Å². The van der Waals surface area contributed by atoms with E-state index in [1.54, 1.807) is 24.5 Å². The first-order valence-electron chi connectivity index (χ1n) is 7.01. The van der Waals surface area contributed by atoms with Gasteiger partial charge in [-0.1, -0.05) is 12.1 Å². The van der Waals surface area contributed by atoms with Gasteiger partial charge in [-0.05, 0) is 35.6 Å². The van der Waals surface area contributed by atoms with Crippen molar-refractivity contribution in [2.75, 3.05) is 6.54 Å². The summed E-state index contributed by atoms with van der Waals surface area (Å²) >= 11 is 1.58. The van der Waals surface area contributed by atoms with Crippen molar-refractivity contribution in [2.24, 2.45) is 7.05 Å². The smallest absolute Gasteiger partial charge is 0.408 e. The number of thiophene rings is 1. The fourth-order valence-electron chi connectivity index (χ4n) is 2.31. The number of fused-ring (bicyclic) bond motifs is 1. The Morgan fingerprint density at radius 2 is 2.23 bits per heavy atom. The molecule has 6 heteroatoms. The third kappa shape index (κ3) is 3.12. The monoisotopic (exact) mass is 316 g/mol. The van der Waals surface area contributed by atoms with E-state index >= 15 is 0 Å². The number of hydrogen-bond acceptors (Lipinski definition) is 4. The van der Waals surface area contributed by atoms with Gasteiger partial charge in [0.25, 0.3) is 0 Å². The Hall–Kier alpha value is -2.34. The maximum atomic E-state index is 11.8. The Bertz CT molecular complexity index is 846. The van der Waals surface area contributed by atoms with E-state index in [1.165, 1.54) is 4.57 Å². The summed E-state index contributed by atoms with van der Waals surface area (Å²) in [6.45, 7) is 0.571. The number of amides is 1. The van der Waals surface area contributed by atoms with Gasteiger partial charge in [0.1, 0.15) is 0 Å². The van der Waals surface area contributed by atoms with Crippen LogP contribution in [-0.2, 0) is 24.7 Å². The normalized spacial score (nSPS) is 11.0. The number of aromatic nitrogens is 1. The van der Waals surface area contributed by atoms with Gasteiger partial charge in [0, 0.05) is 18.5 Å². The van der Waals surface area contributed by atoms with E-state index < -0.39 is 0 Å². The zero-order valence-corrected chi connectivity index (χ0v) is 13.0. The molecule has 0 saturated carbocycles. The number of nitrogens with one attached hydrogen (secondary N) is 1. The molecule has 0 bridgehead atoms. The van der Waals surface area contributed by atoms with Crippen molar-refractivity contribution in [3.05, 3.63) is 56.7 Å². The van der Waals surface area contributed by atoms with Crippen molar-refractivity contribution in [3.63, 3.8) is 0 Å².